The summed E-state index contributed by atoms with van der Waals surface area (Å²) in [5, 5.41) is 1.89. The van der Waals surface area contributed by atoms with Crippen LogP contribution in [0.3, 0.4) is 0 Å². The molecule has 0 fully saturated rings. The van der Waals surface area contributed by atoms with Gasteiger partial charge in [0.1, 0.15) is 5.75 Å². The van der Waals surface area contributed by atoms with E-state index in [-0.39, 0.29) is 4.87 Å². The van der Waals surface area contributed by atoms with Gasteiger partial charge in [0.25, 0.3) is 0 Å². The number of benzene rings is 2. The van der Waals surface area contributed by atoms with E-state index in [2.05, 4.69) is 0 Å². The lowest BCUT2D eigenvalue weighted by Crippen LogP contribution is -2.15. The molecule has 1 aromatic heterocycles. The van der Waals surface area contributed by atoms with Crippen LogP contribution in [0.4, 0.5) is 5.69 Å². The minimum atomic E-state index is 0.0168. The highest BCUT2D eigenvalue weighted by molar-refractivity contribution is 7.07. The quantitative estimate of drug-likeness (QED) is 0.729. The van der Waals surface area contributed by atoms with Gasteiger partial charge in [0.15, 0.2) is 0 Å². The number of ether oxygens (including phenoxy) is 1. The molecule has 0 aliphatic rings. The first-order valence-electron chi connectivity index (χ1n) is 7.44. The highest BCUT2D eigenvalue weighted by Crippen LogP contribution is 2.30. The van der Waals surface area contributed by atoms with Crippen molar-refractivity contribution in [3.63, 3.8) is 0 Å². The largest absolute Gasteiger partial charge is 0.493 e. The molecule has 5 heteroatoms. The van der Waals surface area contributed by atoms with Crippen molar-refractivity contribution in [2.75, 3.05) is 12.3 Å². The molecule has 4 nitrogen and oxygen atoms in total. The van der Waals surface area contributed by atoms with Crippen molar-refractivity contribution in [2.24, 2.45) is 0 Å². The Morgan fingerprint density at radius 2 is 1.87 bits per heavy atom. The number of nitrogens with zero attached hydrogens (tertiary/aromatic N) is 1. The Balaban J connectivity index is 2.02. The second-order valence-corrected chi connectivity index (χ2v) is 5.96. The van der Waals surface area contributed by atoms with Crippen LogP contribution in [0.2, 0.25) is 0 Å². The van der Waals surface area contributed by atoms with Crippen LogP contribution in [0.5, 0.6) is 5.75 Å². The van der Waals surface area contributed by atoms with Crippen LogP contribution in [-0.2, 0) is 6.54 Å². The molecule has 0 saturated heterocycles. The Hall–Kier alpha value is -2.53. The Morgan fingerprint density at radius 3 is 2.61 bits per heavy atom. The summed E-state index contributed by atoms with van der Waals surface area (Å²) in [6.45, 7) is 3.05. The maximum absolute atomic E-state index is 12.3. The predicted octanol–water partition coefficient (Wildman–Crippen LogP) is 3.61. The van der Waals surface area contributed by atoms with E-state index in [1.54, 1.807) is 4.57 Å². The standard InChI is InChI=1S/C18H18N2O2S/c1-2-22-17-6-4-3-5-15(17)16-12-23-18(21)20(16)11-13-7-9-14(19)10-8-13/h3-10,12H,2,11,19H2,1H3. The van der Waals surface area contributed by atoms with E-state index in [4.69, 9.17) is 10.5 Å². The van der Waals surface area contributed by atoms with Gasteiger partial charge in [-0.15, -0.1) is 0 Å². The van der Waals surface area contributed by atoms with E-state index < -0.39 is 0 Å². The molecule has 0 bridgehead atoms. The zero-order chi connectivity index (χ0) is 16.2. The molecule has 23 heavy (non-hydrogen) atoms. The third-order valence-electron chi connectivity index (χ3n) is 3.57. The van der Waals surface area contributed by atoms with Gasteiger partial charge in [0.05, 0.1) is 18.8 Å². The van der Waals surface area contributed by atoms with Gasteiger partial charge in [-0.25, -0.2) is 0 Å². The molecule has 0 aliphatic heterocycles. The van der Waals surface area contributed by atoms with Crippen LogP contribution in [0.1, 0.15) is 12.5 Å². The molecule has 1 heterocycles. The minimum Gasteiger partial charge on any atom is -0.493 e. The number of nitrogen functional groups attached to an aromatic ring is 1. The molecular weight excluding hydrogens is 308 g/mol. The van der Waals surface area contributed by atoms with Crippen LogP contribution in [0.15, 0.2) is 58.7 Å². The summed E-state index contributed by atoms with van der Waals surface area (Å²) in [5.74, 6) is 0.791. The maximum atomic E-state index is 12.3. The van der Waals surface area contributed by atoms with Crippen molar-refractivity contribution in [2.45, 2.75) is 13.5 Å². The van der Waals surface area contributed by atoms with E-state index in [1.165, 1.54) is 11.3 Å². The van der Waals surface area contributed by atoms with Gasteiger partial charge in [-0.1, -0.05) is 35.6 Å². The van der Waals surface area contributed by atoms with Crippen LogP contribution in [0, 0.1) is 0 Å². The fourth-order valence-electron chi connectivity index (χ4n) is 2.46. The third kappa shape index (κ3) is 3.29. The van der Waals surface area contributed by atoms with Crippen LogP contribution < -0.4 is 15.3 Å². The van der Waals surface area contributed by atoms with Gasteiger partial charge in [0, 0.05) is 16.6 Å². The Labute approximate surface area is 138 Å². The molecule has 0 atom stereocenters. The maximum Gasteiger partial charge on any atom is 0.307 e. The lowest BCUT2D eigenvalue weighted by molar-refractivity contribution is 0.341. The van der Waals surface area contributed by atoms with Gasteiger partial charge in [-0.3, -0.25) is 9.36 Å². The molecule has 0 amide bonds. The molecule has 0 aliphatic carbocycles. The molecule has 118 valence electrons. The van der Waals surface area contributed by atoms with Crippen molar-refractivity contribution in [1.82, 2.24) is 4.57 Å². The first-order chi connectivity index (χ1) is 11.2. The predicted molar refractivity (Wildman–Crippen MR) is 95.1 cm³/mol. The molecular formula is C18H18N2O2S. The average Bonchev–Trinajstić information content (AvgIpc) is 2.91. The van der Waals surface area contributed by atoms with E-state index in [9.17, 15) is 4.79 Å². The highest BCUT2D eigenvalue weighted by Gasteiger charge is 2.13. The number of thiazole rings is 1. The van der Waals surface area contributed by atoms with Crippen molar-refractivity contribution in [1.29, 1.82) is 0 Å². The summed E-state index contributed by atoms with van der Waals surface area (Å²) in [7, 11) is 0. The lowest BCUT2D eigenvalue weighted by atomic mass is 10.1. The normalized spacial score (nSPS) is 10.7. The van der Waals surface area contributed by atoms with Crippen LogP contribution in [0.25, 0.3) is 11.3 Å². The van der Waals surface area contributed by atoms with Crippen LogP contribution in [-0.4, -0.2) is 11.2 Å². The number of rotatable bonds is 5. The SMILES string of the molecule is CCOc1ccccc1-c1csc(=O)n1Cc1ccc(N)cc1. The first-order valence-corrected chi connectivity index (χ1v) is 8.32. The molecule has 2 aromatic carbocycles. The summed E-state index contributed by atoms with van der Waals surface area (Å²) in [6, 6.07) is 15.4. The van der Waals surface area contributed by atoms with Crippen molar-refractivity contribution in [3.8, 4) is 17.0 Å². The highest BCUT2D eigenvalue weighted by atomic mass is 32.1. The average molecular weight is 326 g/mol. The third-order valence-corrected chi connectivity index (χ3v) is 4.33. The zero-order valence-corrected chi connectivity index (χ0v) is 13.7. The van der Waals surface area contributed by atoms with Crippen molar-refractivity contribution < 1.29 is 4.74 Å². The number of hydrogen-bond acceptors (Lipinski definition) is 4. The summed E-state index contributed by atoms with van der Waals surface area (Å²) >= 11 is 1.20. The Bertz CT molecular complexity index is 850. The fraction of sp³-hybridized carbons (Fsp3) is 0.167. The topological polar surface area (TPSA) is 57.2 Å². The number of aromatic nitrogens is 1. The molecule has 3 rings (SSSR count). The molecule has 0 spiro atoms. The molecule has 2 N–H and O–H groups in total. The number of nitrogens with two attached hydrogens (primary N) is 1. The monoisotopic (exact) mass is 326 g/mol. The van der Waals surface area contributed by atoms with E-state index in [0.29, 0.717) is 18.8 Å². The number of para-hydroxylation sites is 1. The van der Waals surface area contributed by atoms with Crippen LogP contribution >= 0.6 is 11.3 Å². The molecule has 0 unspecified atom stereocenters. The first kappa shape index (κ1) is 15.4. The van der Waals surface area contributed by atoms with E-state index in [1.807, 2.05) is 60.8 Å². The lowest BCUT2D eigenvalue weighted by Gasteiger charge is -2.12. The van der Waals surface area contributed by atoms with Gasteiger partial charge in [-0.05, 0) is 36.8 Å². The minimum absolute atomic E-state index is 0.0168. The fourth-order valence-corrected chi connectivity index (χ4v) is 3.21. The summed E-state index contributed by atoms with van der Waals surface area (Å²) < 4.78 is 7.47. The molecule has 0 radical (unpaired) electrons. The van der Waals surface area contributed by atoms with E-state index in [0.717, 1.165) is 22.6 Å². The number of anilines is 1. The summed E-state index contributed by atoms with van der Waals surface area (Å²) in [5.41, 5.74) is 9.28. The number of hydrogen-bond donors (Lipinski definition) is 1. The summed E-state index contributed by atoms with van der Waals surface area (Å²) in [4.78, 5) is 12.3. The van der Waals surface area contributed by atoms with Gasteiger partial charge in [-0.2, -0.15) is 0 Å². The second-order valence-electron chi connectivity index (χ2n) is 5.14. The molecule has 0 saturated carbocycles. The zero-order valence-electron chi connectivity index (χ0n) is 12.9. The Kier molecular flexibility index (Phi) is 4.48. The van der Waals surface area contributed by atoms with Crippen molar-refractivity contribution >= 4 is 17.0 Å². The van der Waals surface area contributed by atoms with Gasteiger partial charge < -0.3 is 10.5 Å². The van der Waals surface area contributed by atoms with E-state index >= 15 is 0 Å². The smallest absolute Gasteiger partial charge is 0.307 e. The van der Waals surface area contributed by atoms with Crippen molar-refractivity contribution in [3.05, 3.63) is 69.1 Å². The Morgan fingerprint density at radius 1 is 1.13 bits per heavy atom. The second kappa shape index (κ2) is 6.71. The summed E-state index contributed by atoms with van der Waals surface area (Å²) in [6.07, 6.45) is 0. The molecule has 3 aromatic rings. The van der Waals surface area contributed by atoms with Gasteiger partial charge in [0.2, 0.25) is 0 Å². The van der Waals surface area contributed by atoms with Gasteiger partial charge >= 0.3 is 4.87 Å².